The molecular formula is C10H17N. The van der Waals surface area contributed by atoms with Crippen LogP contribution in [0.15, 0.2) is 36.0 Å². The Morgan fingerprint density at radius 2 is 2.09 bits per heavy atom. The molecule has 0 saturated heterocycles. The highest BCUT2D eigenvalue weighted by Crippen LogP contribution is 2.00. The van der Waals surface area contributed by atoms with Crippen molar-refractivity contribution in [2.45, 2.75) is 20.3 Å². The van der Waals surface area contributed by atoms with E-state index in [4.69, 9.17) is 5.73 Å². The molecule has 0 spiro atoms. The number of allylic oxidation sites excluding steroid dienone is 3. The van der Waals surface area contributed by atoms with Crippen LogP contribution in [0.25, 0.3) is 0 Å². The van der Waals surface area contributed by atoms with Crippen LogP contribution in [0, 0.1) is 0 Å². The Morgan fingerprint density at radius 3 is 2.45 bits per heavy atom. The number of hydrogen-bond donors (Lipinski definition) is 1. The molecule has 0 heterocycles. The van der Waals surface area contributed by atoms with E-state index in [1.807, 2.05) is 6.08 Å². The quantitative estimate of drug-likeness (QED) is 0.613. The minimum atomic E-state index is 0.566. The van der Waals surface area contributed by atoms with Crippen molar-refractivity contribution in [2.24, 2.45) is 5.73 Å². The predicted octanol–water partition coefficient (Wildman–Crippen LogP) is 2.41. The summed E-state index contributed by atoms with van der Waals surface area (Å²) in [6.45, 7) is 8.46. The Balaban J connectivity index is 4.17. The van der Waals surface area contributed by atoms with Gasteiger partial charge in [0.15, 0.2) is 0 Å². The highest BCUT2D eigenvalue weighted by molar-refractivity contribution is 5.24. The fourth-order valence-electron chi connectivity index (χ4n) is 0.587. The van der Waals surface area contributed by atoms with E-state index in [0.717, 1.165) is 12.0 Å². The molecule has 62 valence electrons. The first-order valence-corrected chi connectivity index (χ1v) is 3.93. The van der Waals surface area contributed by atoms with E-state index in [0.29, 0.717) is 6.54 Å². The molecule has 2 N–H and O–H groups in total. The second-order valence-corrected chi connectivity index (χ2v) is 2.52. The van der Waals surface area contributed by atoms with Crippen molar-refractivity contribution in [1.82, 2.24) is 0 Å². The lowest BCUT2D eigenvalue weighted by Crippen LogP contribution is -1.99. The summed E-state index contributed by atoms with van der Waals surface area (Å²) in [6, 6.07) is 0. The summed E-state index contributed by atoms with van der Waals surface area (Å²) in [5.74, 6) is 0. The summed E-state index contributed by atoms with van der Waals surface area (Å²) in [7, 11) is 0. The van der Waals surface area contributed by atoms with Gasteiger partial charge in [0.05, 0.1) is 0 Å². The Labute approximate surface area is 69.3 Å². The van der Waals surface area contributed by atoms with Crippen molar-refractivity contribution in [3.05, 3.63) is 36.0 Å². The van der Waals surface area contributed by atoms with Gasteiger partial charge in [-0.1, -0.05) is 37.3 Å². The number of rotatable bonds is 4. The molecule has 0 rings (SSSR count). The Hall–Kier alpha value is -0.820. The molecule has 0 atom stereocenters. The van der Waals surface area contributed by atoms with E-state index in [9.17, 15) is 0 Å². The molecule has 0 unspecified atom stereocenters. The van der Waals surface area contributed by atoms with E-state index < -0.39 is 0 Å². The molecule has 11 heavy (non-hydrogen) atoms. The van der Waals surface area contributed by atoms with Gasteiger partial charge in [-0.3, -0.25) is 0 Å². The predicted molar refractivity (Wildman–Crippen MR) is 51.4 cm³/mol. The third kappa shape index (κ3) is 4.57. The van der Waals surface area contributed by atoms with Crippen LogP contribution in [0.2, 0.25) is 0 Å². The molecule has 0 fully saturated rings. The van der Waals surface area contributed by atoms with E-state index in [2.05, 4.69) is 26.5 Å². The smallest absolute Gasteiger partial charge is 0.0177 e. The van der Waals surface area contributed by atoms with Gasteiger partial charge in [0, 0.05) is 6.54 Å². The Morgan fingerprint density at radius 1 is 1.45 bits per heavy atom. The van der Waals surface area contributed by atoms with Gasteiger partial charge >= 0.3 is 0 Å². The lowest BCUT2D eigenvalue weighted by atomic mass is 10.2. The minimum absolute atomic E-state index is 0.566. The van der Waals surface area contributed by atoms with E-state index in [1.165, 1.54) is 5.57 Å². The van der Waals surface area contributed by atoms with Crippen molar-refractivity contribution >= 4 is 0 Å². The summed E-state index contributed by atoms with van der Waals surface area (Å²) >= 11 is 0. The maximum Gasteiger partial charge on any atom is 0.0177 e. The summed E-state index contributed by atoms with van der Waals surface area (Å²) < 4.78 is 0. The topological polar surface area (TPSA) is 26.0 Å². The van der Waals surface area contributed by atoms with Crippen LogP contribution in [-0.2, 0) is 0 Å². The second kappa shape index (κ2) is 5.93. The fourth-order valence-corrected chi connectivity index (χ4v) is 0.587. The van der Waals surface area contributed by atoms with Crippen molar-refractivity contribution in [2.75, 3.05) is 6.54 Å². The molecule has 0 amide bonds. The zero-order chi connectivity index (χ0) is 8.69. The van der Waals surface area contributed by atoms with E-state index >= 15 is 0 Å². The van der Waals surface area contributed by atoms with Crippen LogP contribution in [0.3, 0.4) is 0 Å². The first-order valence-electron chi connectivity index (χ1n) is 3.93. The van der Waals surface area contributed by atoms with Crippen molar-refractivity contribution < 1.29 is 0 Å². The SMILES string of the molecule is C=C/C(=C\C=C(/C)CC)CN. The maximum atomic E-state index is 5.44. The summed E-state index contributed by atoms with van der Waals surface area (Å²) in [5, 5.41) is 0. The summed E-state index contributed by atoms with van der Waals surface area (Å²) in [6.07, 6.45) is 6.99. The molecule has 0 aliphatic rings. The Bertz CT molecular complexity index is 175. The van der Waals surface area contributed by atoms with Gasteiger partial charge in [-0.05, 0) is 18.9 Å². The molecule has 0 bridgehead atoms. The highest BCUT2D eigenvalue weighted by Gasteiger charge is 1.84. The van der Waals surface area contributed by atoms with Crippen LogP contribution in [0.1, 0.15) is 20.3 Å². The summed E-state index contributed by atoms with van der Waals surface area (Å²) in [5.41, 5.74) is 7.88. The van der Waals surface area contributed by atoms with Gasteiger partial charge in [-0.2, -0.15) is 0 Å². The van der Waals surface area contributed by atoms with Gasteiger partial charge in [-0.25, -0.2) is 0 Å². The molecule has 0 saturated carbocycles. The van der Waals surface area contributed by atoms with E-state index in [1.54, 1.807) is 6.08 Å². The van der Waals surface area contributed by atoms with Crippen molar-refractivity contribution in [3.63, 3.8) is 0 Å². The van der Waals surface area contributed by atoms with Crippen LogP contribution in [0.4, 0.5) is 0 Å². The molecule has 0 aromatic rings. The van der Waals surface area contributed by atoms with Gasteiger partial charge < -0.3 is 5.73 Å². The Kier molecular flexibility index (Phi) is 5.49. The number of nitrogens with two attached hydrogens (primary N) is 1. The van der Waals surface area contributed by atoms with Crippen LogP contribution in [0.5, 0.6) is 0 Å². The van der Waals surface area contributed by atoms with Crippen molar-refractivity contribution in [1.29, 1.82) is 0 Å². The molecule has 0 aliphatic heterocycles. The monoisotopic (exact) mass is 151 g/mol. The van der Waals surface area contributed by atoms with Gasteiger partial charge in [0.1, 0.15) is 0 Å². The van der Waals surface area contributed by atoms with Gasteiger partial charge in [0.25, 0.3) is 0 Å². The first-order chi connectivity index (χ1) is 5.24. The first kappa shape index (κ1) is 10.2. The second-order valence-electron chi connectivity index (χ2n) is 2.52. The molecule has 0 radical (unpaired) electrons. The van der Waals surface area contributed by atoms with E-state index in [-0.39, 0.29) is 0 Å². The average Bonchev–Trinajstić information content (AvgIpc) is 2.06. The van der Waals surface area contributed by atoms with Gasteiger partial charge in [0.2, 0.25) is 0 Å². The maximum absolute atomic E-state index is 5.44. The lowest BCUT2D eigenvalue weighted by molar-refractivity contribution is 1.10. The lowest BCUT2D eigenvalue weighted by Gasteiger charge is -1.94. The van der Waals surface area contributed by atoms with Crippen LogP contribution >= 0.6 is 0 Å². The van der Waals surface area contributed by atoms with Crippen molar-refractivity contribution in [3.8, 4) is 0 Å². The molecule has 1 heteroatoms. The molecule has 0 aromatic carbocycles. The fraction of sp³-hybridized carbons (Fsp3) is 0.400. The molecular weight excluding hydrogens is 134 g/mol. The van der Waals surface area contributed by atoms with Crippen LogP contribution < -0.4 is 5.73 Å². The normalized spacial score (nSPS) is 13.4. The van der Waals surface area contributed by atoms with Gasteiger partial charge in [-0.15, -0.1) is 0 Å². The molecule has 0 aliphatic carbocycles. The highest BCUT2D eigenvalue weighted by atomic mass is 14.5. The molecule has 0 aromatic heterocycles. The number of hydrogen-bond acceptors (Lipinski definition) is 1. The minimum Gasteiger partial charge on any atom is -0.326 e. The largest absolute Gasteiger partial charge is 0.326 e. The zero-order valence-electron chi connectivity index (χ0n) is 7.43. The van der Waals surface area contributed by atoms with Crippen LogP contribution in [-0.4, -0.2) is 6.54 Å². The average molecular weight is 151 g/mol. The molecule has 1 nitrogen and oxygen atoms in total. The summed E-state index contributed by atoms with van der Waals surface area (Å²) in [4.78, 5) is 0. The third-order valence-electron chi connectivity index (χ3n) is 1.64. The standard InChI is InChI=1S/C10H17N/c1-4-9(3)6-7-10(5-2)8-11/h5-7H,2,4,8,11H2,1,3H3/b9-6+,10-7+. The third-order valence-corrected chi connectivity index (χ3v) is 1.64. The zero-order valence-corrected chi connectivity index (χ0v) is 7.43.